The lowest BCUT2D eigenvalue weighted by Gasteiger charge is -2.18. The van der Waals surface area contributed by atoms with E-state index in [1.165, 1.54) is 0 Å². The molecule has 0 radical (unpaired) electrons. The van der Waals surface area contributed by atoms with E-state index < -0.39 is 6.04 Å². The van der Waals surface area contributed by atoms with Crippen LogP contribution in [0.25, 0.3) is 0 Å². The Balaban J connectivity index is 3.84. The van der Waals surface area contributed by atoms with Gasteiger partial charge in [0.1, 0.15) is 6.29 Å². The molecule has 0 spiro atoms. The first kappa shape index (κ1) is 14.5. The molecule has 0 amide bonds. The Morgan fingerprint density at radius 2 is 1.81 bits per heavy atom. The van der Waals surface area contributed by atoms with Gasteiger partial charge in [-0.05, 0) is 12.8 Å². The molecule has 0 bridgehead atoms. The third-order valence-electron chi connectivity index (χ3n) is 2.03. The SMILES string of the molecule is N#CCCC(C=O)NNC(CO)CCC#N. The highest BCUT2D eigenvalue weighted by atomic mass is 16.3. The number of carbonyl (C=O) groups excluding carboxylic acids is 1. The summed E-state index contributed by atoms with van der Waals surface area (Å²) >= 11 is 0. The van der Waals surface area contributed by atoms with Crippen LogP contribution in [-0.2, 0) is 4.79 Å². The first-order valence-corrected chi connectivity index (χ1v) is 5.09. The maximum atomic E-state index is 10.6. The second-order valence-electron chi connectivity index (χ2n) is 3.30. The normalized spacial score (nSPS) is 13.4. The van der Waals surface area contributed by atoms with E-state index in [1.54, 1.807) is 0 Å². The molecular formula is C10H16N4O2. The summed E-state index contributed by atoms with van der Waals surface area (Å²) in [4.78, 5) is 10.6. The average molecular weight is 224 g/mol. The zero-order valence-corrected chi connectivity index (χ0v) is 9.02. The van der Waals surface area contributed by atoms with Crippen LogP contribution in [0.2, 0.25) is 0 Å². The summed E-state index contributed by atoms with van der Waals surface area (Å²) in [6.45, 7) is -0.113. The van der Waals surface area contributed by atoms with Crippen LogP contribution < -0.4 is 10.9 Å². The fraction of sp³-hybridized carbons (Fsp3) is 0.700. The highest BCUT2D eigenvalue weighted by Gasteiger charge is 2.10. The van der Waals surface area contributed by atoms with Crippen LogP contribution in [0, 0.1) is 22.7 Å². The van der Waals surface area contributed by atoms with E-state index in [4.69, 9.17) is 15.6 Å². The number of aldehydes is 1. The van der Waals surface area contributed by atoms with Gasteiger partial charge in [-0.25, -0.2) is 5.43 Å². The van der Waals surface area contributed by atoms with Crippen molar-refractivity contribution in [1.29, 1.82) is 10.5 Å². The third kappa shape index (κ3) is 6.91. The van der Waals surface area contributed by atoms with Gasteiger partial charge in [0, 0.05) is 18.9 Å². The Morgan fingerprint density at radius 1 is 1.19 bits per heavy atom. The predicted octanol–water partition coefficient (Wildman–Crippen LogP) is -0.383. The molecule has 0 fully saturated rings. The Hall–Kier alpha value is -1.47. The predicted molar refractivity (Wildman–Crippen MR) is 56.7 cm³/mol. The maximum Gasteiger partial charge on any atom is 0.138 e. The number of hydrogen-bond acceptors (Lipinski definition) is 6. The zero-order valence-electron chi connectivity index (χ0n) is 9.02. The van der Waals surface area contributed by atoms with Crippen molar-refractivity contribution in [2.45, 2.75) is 37.8 Å². The van der Waals surface area contributed by atoms with Crippen LogP contribution in [0.15, 0.2) is 0 Å². The van der Waals surface area contributed by atoms with E-state index in [1.807, 2.05) is 12.1 Å². The average Bonchev–Trinajstić information content (AvgIpc) is 2.33. The van der Waals surface area contributed by atoms with Crippen LogP contribution in [0.3, 0.4) is 0 Å². The van der Waals surface area contributed by atoms with E-state index in [0.29, 0.717) is 32.0 Å². The van der Waals surface area contributed by atoms with Crippen LogP contribution in [0.1, 0.15) is 25.7 Å². The van der Waals surface area contributed by atoms with E-state index in [-0.39, 0.29) is 12.6 Å². The minimum absolute atomic E-state index is 0.113. The topological polar surface area (TPSA) is 109 Å². The number of aliphatic hydroxyl groups is 1. The molecule has 16 heavy (non-hydrogen) atoms. The summed E-state index contributed by atoms with van der Waals surface area (Å²) in [6.07, 6.45) is 2.26. The van der Waals surface area contributed by atoms with E-state index in [2.05, 4.69) is 10.9 Å². The third-order valence-corrected chi connectivity index (χ3v) is 2.03. The van der Waals surface area contributed by atoms with Gasteiger partial charge in [-0.1, -0.05) is 0 Å². The summed E-state index contributed by atoms with van der Waals surface area (Å²) in [5, 5.41) is 25.7. The fourth-order valence-electron chi connectivity index (χ4n) is 1.07. The van der Waals surface area contributed by atoms with Crippen LogP contribution >= 0.6 is 0 Å². The molecular weight excluding hydrogens is 208 g/mol. The molecule has 2 atom stereocenters. The number of aliphatic hydroxyl groups excluding tert-OH is 1. The van der Waals surface area contributed by atoms with E-state index in [9.17, 15) is 4.79 Å². The second kappa shape index (κ2) is 10.1. The van der Waals surface area contributed by atoms with Crippen molar-refractivity contribution in [3.63, 3.8) is 0 Å². The van der Waals surface area contributed by atoms with Gasteiger partial charge in [-0.15, -0.1) is 0 Å². The number of carbonyl (C=O) groups is 1. The molecule has 0 aromatic carbocycles. The number of rotatable bonds is 9. The standard InChI is InChI=1S/C10H16N4O2/c11-5-1-3-9(7-15)13-14-10(8-16)4-2-6-12/h7,9-10,13-14,16H,1-4,8H2. The Morgan fingerprint density at radius 3 is 2.31 bits per heavy atom. The minimum atomic E-state index is -0.448. The summed E-state index contributed by atoms with van der Waals surface area (Å²) < 4.78 is 0. The first-order chi connectivity index (χ1) is 7.78. The summed E-state index contributed by atoms with van der Waals surface area (Å²) in [7, 11) is 0. The highest BCUT2D eigenvalue weighted by molar-refractivity contribution is 5.57. The number of nitrogens with one attached hydrogen (secondary N) is 2. The number of hydrogen-bond donors (Lipinski definition) is 3. The monoisotopic (exact) mass is 224 g/mol. The Kier molecular flexibility index (Phi) is 9.14. The van der Waals surface area contributed by atoms with E-state index in [0.717, 1.165) is 0 Å². The van der Waals surface area contributed by atoms with Gasteiger partial charge in [-0.3, -0.25) is 5.43 Å². The quantitative estimate of drug-likeness (QED) is 0.364. The van der Waals surface area contributed by atoms with Crippen LogP contribution in [0.4, 0.5) is 0 Å². The van der Waals surface area contributed by atoms with Gasteiger partial charge in [0.05, 0.1) is 24.8 Å². The molecule has 0 aromatic heterocycles. The van der Waals surface area contributed by atoms with Crippen molar-refractivity contribution in [1.82, 2.24) is 10.9 Å². The number of nitrogens with zero attached hydrogens (tertiary/aromatic N) is 2. The molecule has 0 saturated carbocycles. The first-order valence-electron chi connectivity index (χ1n) is 5.09. The smallest absolute Gasteiger partial charge is 0.138 e. The molecule has 6 nitrogen and oxygen atoms in total. The highest BCUT2D eigenvalue weighted by Crippen LogP contribution is 1.96. The Bertz CT molecular complexity index is 269. The van der Waals surface area contributed by atoms with Crippen molar-refractivity contribution in [2.24, 2.45) is 0 Å². The zero-order chi connectivity index (χ0) is 12.2. The summed E-state index contributed by atoms with van der Waals surface area (Å²) in [5.74, 6) is 0. The van der Waals surface area contributed by atoms with Gasteiger partial charge in [0.15, 0.2) is 0 Å². The molecule has 0 aliphatic heterocycles. The molecule has 88 valence electrons. The van der Waals surface area contributed by atoms with Gasteiger partial charge in [-0.2, -0.15) is 10.5 Å². The lowest BCUT2D eigenvalue weighted by Crippen LogP contribution is -2.48. The fourth-order valence-corrected chi connectivity index (χ4v) is 1.07. The van der Waals surface area contributed by atoms with Crippen molar-refractivity contribution in [3.8, 4) is 12.1 Å². The molecule has 3 N–H and O–H groups in total. The second-order valence-corrected chi connectivity index (χ2v) is 3.30. The van der Waals surface area contributed by atoms with Crippen LogP contribution in [0.5, 0.6) is 0 Å². The van der Waals surface area contributed by atoms with Crippen molar-refractivity contribution >= 4 is 6.29 Å². The molecule has 2 unspecified atom stereocenters. The van der Waals surface area contributed by atoms with Crippen molar-refractivity contribution in [3.05, 3.63) is 0 Å². The van der Waals surface area contributed by atoms with Gasteiger partial charge in [0.25, 0.3) is 0 Å². The van der Waals surface area contributed by atoms with Gasteiger partial charge >= 0.3 is 0 Å². The molecule has 0 aliphatic carbocycles. The summed E-state index contributed by atoms with van der Waals surface area (Å²) in [6, 6.07) is 3.22. The lowest BCUT2D eigenvalue weighted by atomic mass is 10.2. The molecule has 0 rings (SSSR count). The molecule has 0 heterocycles. The molecule has 0 saturated heterocycles. The maximum absolute atomic E-state index is 10.6. The van der Waals surface area contributed by atoms with Crippen LogP contribution in [-0.4, -0.2) is 30.1 Å². The number of hydrazine groups is 1. The number of nitriles is 2. The summed E-state index contributed by atoms with van der Waals surface area (Å²) in [5.41, 5.74) is 5.50. The van der Waals surface area contributed by atoms with E-state index >= 15 is 0 Å². The molecule has 6 heteroatoms. The lowest BCUT2D eigenvalue weighted by molar-refractivity contribution is -0.110. The van der Waals surface area contributed by atoms with Gasteiger partial charge in [0.2, 0.25) is 0 Å². The molecule has 0 aromatic rings. The minimum Gasteiger partial charge on any atom is -0.395 e. The van der Waals surface area contributed by atoms with Crippen molar-refractivity contribution < 1.29 is 9.90 Å². The Labute approximate surface area is 94.8 Å². The van der Waals surface area contributed by atoms with Gasteiger partial charge < -0.3 is 9.90 Å². The molecule has 0 aliphatic rings. The van der Waals surface area contributed by atoms with Crippen molar-refractivity contribution in [2.75, 3.05) is 6.61 Å². The largest absolute Gasteiger partial charge is 0.395 e.